The zero-order valence-corrected chi connectivity index (χ0v) is 12.4. The van der Waals surface area contributed by atoms with Crippen LogP contribution in [0.15, 0.2) is 42.5 Å². The second-order valence-corrected chi connectivity index (χ2v) is 5.94. The van der Waals surface area contributed by atoms with Crippen LogP contribution in [0.3, 0.4) is 0 Å². The zero-order valence-electron chi connectivity index (χ0n) is 11.6. The summed E-state index contributed by atoms with van der Waals surface area (Å²) in [5.41, 5.74) is 1.88. The van der Waals surface area contributed by atoms with Crippen LogP contribution in [-0.2, 0) is 10.2 Å². The molecule has 0 aliphatic heterocycles. The van der Waals surface area contributed by atoms with E-state index in [1.807, 2.05) is 12.1 Å². The Labute approximate surface area is 127 Å². The maximum atomic E-state index is 13.1. The molecule has 2 aromatic rings. The van der Waals surface area contributed by atoms with Crippen LogP contribution in [0.5, 0.6) is 0 Å². The molecule has 0 saturated heterocycles. The SMILES string of the molecule is Cc1cc(F)ccc1NC(=O)C1(c2ccc(Cl)cc2)CC1. The minimum absolute atomic E-state index is 0.0421. The van der Waals surface area contributed by atoms with Crippen LogP contribution in [0.25, 0.3) is 0 Å². The van der Waals surface area contributed by atoms with E-state index in [0.29, 0.717) is 10.7 Å². The van der Waals surface area contributed by atoms with E-state index in [1.54, 1.807) is 25.1 Å². The molecule has 1 fully saturated rings. The van der Waals surface area contributed by atoms with Gasteiger partial charge < -0.3 is 5.32 Å². The Hall–Kier alpha value is -1.87. The third-order valence-electron chi connectivity index (χ3n) is 4.02. The topological polar surface area (TPSA) is 29.1 Å². The van der Waals surface area contributed by atoms with Gasteiger partial charge in [0.2, 0.25) is 5.91 Å². The summed E-state index contributed by atoms with van der Waals surface area (Å²) < 4.78 is 13.1. The van der Waals surface area contributed by atoms with E-state index in [1.165, 1.54) is 12.1 Å². The number of hydrogen-bond acceptors (Lipinski definition) is 1. The molecular weight excluding hydrogens is 289 g/mol. The average molecular weight is 304 g/mol. The molecule has 1 amide bonds. The van der Waals surface area contributed by atoms with Gasteiger partial charge in [-0.1, -0.05) is 23.7 Å². The van der Waals surface area contributed by atoms with Crippen molar-refractivity contribution in [1.29, 1.82) is 0 Å². The first kappa shape index (κ1) is 14.1. The third kappa shape index (κ3) is 2.66. The maximum Gasteiger partial charge on any atom is 0.235 e. The van der Waals surface area contributed by atoms with Crippen molar-refractivity contribution in [2.24, 2.45) is 0 Å². The number of halogens is 2. The Bertz CT molecular complexity index is 692. The van der Waals surface area contributed by atoms with Crippen LogP contribution in [0, 0.1) is 12.7 Å². The molecule has 1 saturated carbocycles. The highest BCUT2D eigenvalue weighted by atomic mass is 35.5. The Kier molecular flexibility index (Phi) is 3.46. The van der Waals surface area contributed by atoms with Crippen LogP contribution < -0.4 is 5.32 Å². The summed E-state index contributed by atoms with van der Waals surface area (Å²) >= 11 is 5.89. The summed E-state index contributed by atoms with van der Waals surface area (Å²) in [6, 6.07) is 11.8. The van der Waals surface area contributed by atoms with Crippen molar-refractivity contribution in [2.75, 3.05) is 5.32 Å². The second kappa shape index (κ2) is 5.15. The molecule has 4 heteroatoms. The molecule has 1 N–H and O–H groups in total. The van der Waals surface area contributed by atoms with Gasteiger partial charge in [-0.2, -0.15) is 0 Å². The lowest BCUT2D eigenvalue weighted by Gasteiger charge is -2.17. The van der Waals surface area contributed by atoms with Crippen molar-refractivity contribution in [3.8, 4) is 0 Å². The zero-order chi connectivity index (χ0) is 15.0. The van der Waals surface area contributed by atoms with Gasteiger partial charge in [0.15, 0.2) is 0 Å². The highest BCUT2D eigenvalue weighted by molar-refractivity contribution is 6.30. The molecule has 21 heavy (non-hydrogen) atoms. The number of benzene rings is 2. The van der Waals surface area contributed by atoms with Gasteiger partial charge in [0.1, 0.15) is 5.82 Å². The summed E-state index contributed by atoms with van der Waals surface area (Å²) in [7, 11) is 0. The average Bonchev–Trinajstić information content (AvgIpc) is 3.24. The largest absolute Gasteiger partial charge is 0.325 e. The number of amides is 1. The van der Waals surface area contributed by atoms with E-state index in [2.05, 4.69) is 5.32 Å². The first-order valence-electron chi connectivity index (χ1n) is 6.85. The summed E-state index contributed by atoms with van der Waals surface area (Å²) in [6.07, 6.45) is 1.64. The van der Waals surface area contributed by atoms with Gasteiger partial charge in [0, 0.05) is 10.7 Å². The number of carbonyl (C=O) groups excluding carboxylic acids is 1. The molecule has 0 heterocycles. The highest BCUT2D eigenvalue weighted by Crippen LogP contribution is 2.49. The van der Waals surface area contributed by atoms with Gasteiger partial charge in [-0.25, -0.2) is 4.39 Å². The third-order valence-corrected chi connectivity index (χ3v) is 4.27. The van der Waals surface area contributed by atoms with Crippen LogP contribution in [0.1, 0.15) is 24.0 Å². The van der Waals surface area contributed by atoms with Crippen molar-refractivity contribution in [3.63, 3.8) is 0 Å². The lowest BCUT2D eigenvalue weighted by atomic mass is 9.95. The van der Waals surface area contributed by atoms with Crippen molar-refractivity contribution < 1.29 is 9.18 Å². The number of anilines is 1. The fourth-order valence-electron chi connectivity index (χ4n) is 2.55. The first-order valence-corrected chi connectivity index (χ1v) is 7.23. The Morgan fingerprint density at radius 3 is 2.43 bits per heavy atom. The number of carbonyl (C=O) groups is 1. The highest BCUT2D eigenvalue weighted by Gasteiger charge is 2.51. The summed E-state index contributed by atoms with van der Waals surface area (Å²) in [6.45, 7) is 1.78. The van der Waals surface area contributed by atoms with Crippen LogP contribution >= 0.6 is 11.6 Å². The van der Waals surface area contributed by atoms with Gasteiger partial charge in [0.05, 0.1) is 5.41 Å². The summed E-state index contributed by atoms with van der Waals surface area (Å²) in [5.74, 6) is -0.344. The van der Waals surface area contributed by atoms with E-state index in [4.69, 9.17) is 11.6 Å². The van der Waals surface area contributed by atoms with Crippen molar-refractivity contribution >= 4 is 23.2 Å². The molecule has 0 aromatic heterocycles. The van der Waals surface area contributed by atoms with Crippen molar-refractivity contribution in [3.05, 3.63) is 64.4 Å². The predicted octanol–water partition coefficient (Wildman–Crippen LogP) is 4.46. The van der Waals surface area contributed by atoms with Gasteiger partial charge in [-0.15, -0.1) is 0 Å². The standard InChI is InChI=1S/C17H15ClFNO/c1-11-10-14(19)6-7-15(11)20-16(21)17(8-9-17)12-2-4-13(18)5-3-12/h2-7,10H,8-9H2,1H3,(H,20,21). The van der Waals surface area contributed by atoms with Gasteiger partial charge >= 0.3 is 0 Å². The molecule has 108 valence electrons. The van der Waals surface area contributed by atoms with Crippen molar-refractivity contribution in [2.45, 2.75) is 25.2 Å². The van der Waals surface area contributed by atoms with E-state index in [9.17, 15) is 9.18 Å². The fourth-order valence-corrected chi connectivity index (χ4v) is 2.68. The van der Waals surface area contributed by atoms with E-state index in [0.717, 1.165) is 24.0 Å². The molecule has 0 bridgehead atoms. The molecule has 2 aromatic carbocycles. The minimum atomic E-state index is -0.467. The predicted molar refractivity (Wildman–Crippen MR) is 82.1 cm³/mol. The molecule has 0 spiro atoms. The van der Waals surface area contributed by atoms with Crippen LogP contribution in [0.4, 0.5) is 10.1 Å². The lowest BCUT2D eigenvalue weighted by molar-refractivity contribution is -0.118. The van der Waals surface area contributed by atoms with Crippen molar-refractivity contribution in [1.82, 2.24) is 0 Å². The van der Waals surface area contributed by atoms with Gasteiger partial charge in [-0.3, -0.25) is 4.79 Å². The number of aryl methyl sites for hydroxylation is 1. The van der Waals surface area contributed by atoms with E-state index in [-0.39, 0.29) is 11.7 Å². The molecule has 2 nitrogen and oxygen atoms in total. The Balaban J connectivity index is 1.83. The summed E-state index contributed by atoms with van der Waals surface area (Å²) in [4.78, 5) is 12.6. The molecule has 3 rings (SSSR count). The second-order valence-electron chi connectivity index (χ2n) is 5.50. The van der Waals surface area contributed by atoms with Gasteiger partial charge in [0.25, 0.3) is 0 Å². The molecular formula is C17H15ClFNO. The quantitative estimate of drug-likeness (QED) is 0.891. The first-order chi connectivity index (χ1) is 10.0. The van der Waals surface area contributed by atoms with E-state index < -0.39 is 5.41 Å². The number of rotatable bonds is 3. The molecule has 0 unspecified atom stereocenters. The van der Waals surface area contributed by atoms with Gasteiger partial charge in [-0.05, 0) is 61.2 Å². The van der Waals surface area contributed by atoms with E-state index >= 15 is 0 Å². The minimum Gasteiger partial charge on any atom is -0.325 e. The number of nitrogens with one attached hydrogen (secondary N) is 1. The fraction of sp³-hybridized carbons (Fsp3) is 0.235. The molecule has 0 atom stereocenters. The molecule has 0 radical (unpaired) electrons. The lowest BCUT2D eigenvalue weighted by Crippen LogP contribution is -2.28. The van der Waals surface area contributed by atoms with Crippen LogP contribution in [-0.4, -0.2) is 5.91 Å². The smallest absolute Gasteiger partial charge is 0.235 e. The monoisotopic (exact) mass is 303 g/mol. The molecule has 1 aliphatic carbocycles. The molecule has 1 aliphatic rings. The Morgan fingerprint density at radius 2 is 1.86 bits per heavy atom. The normalized spacial score (nSPS) is 15.6. The maximum absolute atomic E-state index is 13.1. The summed E-state index contributed by atoms with van der Waals surface area (Å²) in [5, 5.41) is 3.57. The van der Waals surface area contributed by atoms with Crippen LogP contribution in [0.2, 0.25) is 5.02 Å². The Morgan fingerprint density at radius 1 is 1.19 bits per heavy atom. The number of hydrogen-bond donors (Lipinski definition) is 1.